The number of hydrogen-bond acceptors (Lipinski definition) is 4. The molecule has 1 aromatic carbocycles. The first-order chi connectivity index (χ1) is 7.67. The first-order valence-corrected chi connectivity index (χ1v) is 5.17. The van der Waals surface area contributed by atoms with E-state index in [0.29, 0.717) is 6.54 Å². The molecule has 16 heavy (non-hydrogen) atoms. The number of carbonyl (C=O) groups excluding carboxylic acids is 1. The Balaban J connectivity index is 2.51. The van der Waals surface area contributed by atoms with Gasteiger partial charge in [0, 0.05) is 6.54 Å². The second kappa shape index (κ2) is 6.12. The highest BCUT2D eigenvalue weighted by atomic mass is 16.5. The molecule has 4 nitrogen and oxygen atoms in total. The maximum absolute atomic E-state index is 11.4. The normalized spacial score (nSPS) is 11.9. The Bertz CT molecular complexity index is 352. The summed E-state index contributed by atoms with van der Waals surface area (Å²) >= 11 is 0. The van der Waals surface area contributed by atoms with Crippen molar-refractivity contribution in [3.05, 3.63) is 29.8 Å². The van der Waals surface area contributed by atoms with Crippen LogP contribution in [0.3, 0.4) is 0 Å². The first-order valence-electron chi connectivity index (χ1n) is 5.17. The molecule has 0 aliphatic rings. The standard InChI is InChI=1S/C12H17NO3/c1-9(7-13)12(14)16-8-10-4-3-5-11(6-10)15-2/h3-6,9H,7-8,13H2,1-2H3. The Hall–Kier alpha value is -1.55. The van der Waals surface area contributed by atoms with Crippen molar-refractivity contribution in [2.75, 3.05) is 13.7 Å². The van der Waals surface area contributed by atoms with Crippen molar-refractivity contribution in [1.29, 1.82) is 0 Å². The number of carbonyl (C=O) groups is 1. The summed E-state index contributed by atoms with van der Waals surface area (Å²) in [5, 5.41) is 0. The van der Waals surface area contributed by atoms with Crippen LogP contribution in [-0.2, 0) is 16.1 Å². The summed E-state index contributed by atoms with van der Waals surface area (Å²) in [6.07, 6.45) is 0. The Morgan fingerprint density at radius 1 is 1.50 bits per heavy atom. The zero-order valence-electron chi connectivity index (χ0n) is 9.60. The van der Waals surface area contributed by atoms with Crippen LogP contribution in [0.15, 0.2) is 24.3 Å². The summed E-state index contributed by atoms with van der Waals surface area (Å²) in [7, 11) is 1.60. The number of ether oxygens (including phenoxy) is 2. The van der Waals surface area contributed by atoms with Gasteiger partial charge in [0.15, 0.2) is 0 Å². The Kier molecular flexibility index (Phi) is 4.79. The van der Waals surface area contributed by atoms with E-state index in [1.54, 1.807) is 14.0 Å². The van der Waals surface area contributed by atoms with Crippen LogP contribution in [0.5, 0.6) is 5.75 Å². The summed E-state index contributed by atoms with van der Waals surface area (Å²) in [6.45, 7) is 2.30. The molecule has 0 aliphatic carbocycles. The van der Waals surface area contributed by atoms with Crippen LogP contribution in [0.25, 0.3) is 0 Å². The average molecular weight is 223 g/mol. The minimum atomic E-state index is -0.273. The summed E-state index contributed by atoms with van der Waals surface area (Å²) < 4.78 is 10.2. The molecule has 0 aromatic heterocycles. The van der Waals surface area contributed by atoms with Gasteiger partial charge in [-0.15, -0.1) is 0 Å². The third-order valence-electron chi connectivity index (χ3n) is 2.27. The molecule has 4 heteroatoms. The predicted molar refractivity (Wildman–Crippen MR) is 61.0 cm³/mol. The van der Waals surface area contributed by atoms with Crippen LogP contribution in [0.4, 0.5) is 0 Å². The van der Waals surface area contributed by atoms with Gasteiger partial charge in [-0.2, -0.15) is 0 Å². The molecule has 1 aromatic rings. The fourth-order valence-electron chi connectivity index (χ4n) is 1.16. The van der Waals surface area contributed by atoms with Gasteiger partial charge < -0.3 is 15.2 Å². The Morgan fingerprint density at radius 2 is 2.25 bits per heavy atom. The van der Waals surface area contributed by atoms with Gasteiger partial charge in [-0.05, 0) is 17.7 Å². The van der Waals surface area contributed by atoms with E-state index >= 15 is 0 Å². The smallest absolute Gasteiger partial charge is 0.310 e. The third-order valence-corrected chi connectivity index (χ3v) is 2.27. The highest BCUT2D eigenvalue weighted by Crippen LogP contribution is 2.13. The van der Waals surface area contributed by atoms with E-state index in [4.69, 9.17) is 15.2 Å². The van der Waals surface area contributed by atoms with Crippen LogP contribution < -0.4 is 10.5 Å². The van der Waals surface area contributed by atoms with Crippen LogP contribution in [0.2, 0.25) is 0 Å². The van der Waals surface area contributed by atoms with Crippen LogP contribution >= 0.6 is 0 Å². The molecule has 1 rings (SSSR count). The van der Waals surface area contributed by atoms with Crippen LogP contribution in [-0.4, -0.2) is 19.6 Å². The zero-order chi connectivity index (χ0) is 12.0. The molecule has 1 atom stereocenters. The molecule has 0 aliphatic heterocycles. The van der Waals surface area contributed by atoms with Gasteiger partial charge in [0.25, 0.3) is 0 Å². The van der Waals surface area contributed by atoms with Gasteiger partial charge in [-0.1, -0.05) is 19.1 Å². The van der Waals surface area contributed by atoms with Gasteiger partial charge in [0.05, 0.1) is 13.0 Å². The van der Waals surface area contributed by atoms with E-state index in [1.807, 2.05) is 24.3 Å². The van der Waals surface area contributed by atoms with Gasteiger partial charge in [0.1, 0.15) is 12.4 Å². The summed E-state index contributed by atoms with van der Waals surface area (Å²) in [5.74, 6) is 0.219. The van der Waals surface area contributed by atoms with Crippen molar-refractivity contribution in [3.8, 4) is 5.75 Å². The fourth-order valence-corrected chi connectivity index (χ4v) is 1.16. The molecular formula is C12H17NO3. The average Bonchev–Trinajstić information content (AvgIpc) is 2.35. The minimum absolute atomic E-state index is 0.250. The monoisotopic (exact) mass is 223 g/mol. The van der Waals surface area contributed by atoms with Crippen molar-refractivity contribution < 1.29 is 14.3 Å². The molecule has 0 fully saturated rings. The lowest BCUT2D eigenvalue weighted by Crippen LogP contribution is -2.22. The van der Waals surface area contributed by atoms with E-state index in [-0.39, 0.29) is 18.5 Å². The molecular weight excluding hydrogens is 206 g/mol. The maximum atomic E-state index is 11.4. The Morgan fingerprint density at radius 3 is 2.88 bits per heavy atom. The van der Waals surface area contributed by atoms with Crippen molar-refractivity contribution in [1.82, 2.24) is 0 Å². The van der Waals surface area contributed by atoms with Gasteiger partial charge in [-0.3, -0.25) is 4.79 Å². The number of nitrogens with two attached hydrogens (primary N) is 1. The van der Waals surface area contributed by atoms with E-state index in [1.165, 1.54) is 0 Å². The number of methoxy groups -OCH3 is 1. The second-order valence-corrected chi connectivity index (χ2v) is 3.60. The molecule has 0 saturated heterocycles. The molecule has 0 spiro atoms. The molecule has 1 unspecified atom stereocenters. The number of hydrogen-bond donors (Lipinski definition) is 1. The first kappa shape index (κ1) is 12.5. The minimum Gasteiger partial charge on any atom is -0.497 e. The van der Waals surface area contributed by atoms with Crippen LogP contribution in [0, 0.1) is 5.92 Å². The van der Waals surface area contributed by atoms with E-state index in [9.17, 15) is 4.79 Å². The van der Waals surface area contributed by atoms with E-state index < -0.39 is 0 Å². The molecule has 0 heterocycles. The SMILES string of the molecule is COc1cccc(COC(=O)C(C)CN)c1. The van der Waals surface area contributed by atoms with Crippen LogP contribution in [0.1, 0.15) is 12.5 Å². The Labute approximate surface area is 95.3 Å². The molecule has 0 saturated carbocycles. The van der Waals surface area contributed by atoms with Crippen molar-refractivity contribution in [3.63, 3.8) is 0 Å². The van der Waals surface area contributed by atoms with E-state index in [2.05, 4.69) is 0 Å². The maximum Gasteiger partial charge on any atom is 0.310 e. The number of esters is 1. The fraction of sp³-hybridized carbons (Fsp3) is 0.417. The van der Waals surface area contributed by atoms with Gasteiger partial charge >= 0.3 is 5.97 Å². The topological polar surface area (TPSA) is 61.5 Å². The van der Waals surface area contributed by atoms with Crippen molar-refractivity contribution in [2.45, 2.75) is 13.5 Å². The highest BCUT2D eigenvalue weighted by molar-refractivity contribution is 5.72. The number of rotatable bonds is 5. The molecule has 2 N–H and O–H groups in total. The van der Waals surface area contributed by atoms with Gasteiger partial charge in [-0.25, -0.2) is 0 Å². The summed E-state index contributed by atoms with van der Waals surface area (Å²) in [5.41, 5.74) is 6.27. The predicted octanol–water partition coefficient (Wildman–Crippen LogP) is 1.33. The van der Waals surface area contributed by atoms with Crippen molar-refractivity contribution in [2.24, 2.45) is 11.7 Å². The molecule has 0 amide bonds. The molecule has 0 radical (unpaired) electrons. The van der Waals surface area contributed by atoms with Crippen molar-refractivity contribution >= 4 is 5.97 Å². The van der Waals surface area contributed by atoms with E-state index in [0.717, 1.165) is 11.3 Å². The molecule has 88 valence electrons. The quantitative estimate of drug-likeness (QED) is 0.765. The van der Waals surface area contributed by atoms with Gasteiger partial charge in [0.2, 0.25) is 0 Å². The second-order valence-electron chi connectivity index (χ2n) is 3.60. The summed E-state index contributed by atoms with van der Waals surface area (Å²) in [4.78, 5) is 11.4. The highest BCUT2D eigenvalue weighted by Gasteiger charge is 2.12. The molecule has 0 bridgehead atoms. The third kappa shape index (κ3) is 3.55. The lowest BCUT2D eigenvalue weighted by atomic mass is 10.2. The number of benzene rings is 1. The lowest BCUT2D eigenvalue weighted by Gasteiger charge is -2.09. The lowest BCUT2D eigenvalue weighted by molar-refractivity contribution is -0.148. The summed E-state index contributed by atoms with van der Waals surface area (Å²) in [6, 6.07) is 7.41. The zero-order valence-corrected chi connectivity index (χ0v) is 9.60. The largest absolute Gasteiger partial charge is 0.497 e.